The van der Waals surface area contributed by atoms with Crippen LogP contribution in [0.15, 0.2) is 58.2 Å². The Kier molecular flexibility index (Phi) is 5.63. The van der Waals surface area contributed by atoms with Crippen molar-refractivity contribution in [3.8, 4) is 22.8 Å². The van der Waals surface area contributed by atoms with Gasteiger partial charge in [-0.05, 0) is 41.6 Å². The number of aromatic nitrogens is 6. The van der Waals surface area contributed by atoms with Crippen molar-refractivity contribution in [3.63, 3.8) is 0 Å². The number of halogens is 3. The maximum atomic E-state index is 13.0. The molecule has 2 aromatic carbocycles. The molecule has 0 saturated carbocycles. The molecule has 4 rings (SSSR count). The van der Waals surface area contributed by atoms with Gasteiger partial charge in [-0.1, -0.05) is 41.2 Å². The van der Waals surface area contributed by atoms with Gasteiger partial charge in [0.1, 0.15) is 11.4 Å². The predicted octanol–water partition coefficient (Wildman–Crippen LogP) is 4.59. The smallest absolute Gasteiger partial charge is 0.416 e. The Morgan fingerprint density at radius 2 is 1.94 bits per heavy atom. The van der Waals surface area contributed by atoms with Crippen LogP contribution in [0.25, 0.3) is 17.1 Å². The SMILES string of the molecule is COc1ccccc1-n1nnnc1S[C@@H](C)c1nc(-c2cccc(C(F)(F)F)c2)no1. The van der Waals surface area contributed by atoms with Gasteiger partial charge in [0, 0.05) is 5.56 Å². The molecule has 0 fully saturated rings. The van der Waals surface area contributed by atoms with Crippen molar-refractivity contribution in [1.82, 2.24) is 30.3 Å². The molecular weight excluding hydrogens is 433 g/mol. The van der Waals surface area contributed by atoms with E-state index in [4.69, 9.17) is 9.26 Å². The standard InChI is InChI=1S/C19H15F3N6O2S/c1-11(31-18-24-26-27-28(18)14-8-3-4-9-15(14)29-2)17-23-16(25-30-17)12-6-5-7-13(10-12)19(20,21)22/h3-11H,1-2H3/t11-/m0/s1. The third-order valence-electron chi connectivity index (χ3n) is 4.27. The van der Waals surface area contributed by atoms with Crippen LogP contribution in [0, 0.1) is 0 Å². The van der Waals surface area contributed by atoms with Gasteiger partial charge in [-0.15, -0.1) is 5.10 Å². The van der Waals surface area contributed by atoms with Crippen LogP contribution in [-0.4, -0.2) is 37.5 Å². The van der Waals surface area contributed by atoms with Crippen molar-refractivity contribution in [1.29, 1.82) is 0 Å². The van der Waals surface area contributed by atoms with Crippen molar-refractivity contribution in [3.05, 3.63) is 60.0 Å². The largest absolute Gasteiger partial charge is 0.494 e. The molecule has 0 unspecified atom stereocenters. The Hall–Kier alpha value is -3.41. The molecule has 0 aliphatic heterocycles. The molecule has 1 atom stereocenters. The number of para-hydroxylation sites is 2. The molecule has 2 heterocycles. The first kappa shape index (κ1) is 20.8. The molecule has 4 aromatic rings. The van der Waals surface area contributed by atoms with Gasteiger partial charge in [0.05, 0.1) is 17.9 Å². The number of nitrogens with zero attached hydrogens (tertiary/aromatic N) is 6. The lowest BCUT2D eigenvalue weighted by molar-refractivity contribution is -0.137. The molecule has 12 heteroatoms. The Bertz CT molecular complexity index is 1190. The highest BCUT2D eigenvalue weighted by Crippen LogP contribution is 2.36. The topological polar surface area (TPSA) is 91.8 Å². The molecule has 31 heavy (non-hydrogen) atoms. The molecule has 160 valence electrons. The van der Waals surface area contributed by atoms with E-state index in [1.54, 1.807) is 20.1 Å². The average Bonchev–Trinajstić information content (AvgIpc) is 3.43. The second kappa shape index (κ2) is 8.38. The zero-order valence-electron chi connectivity index (χ0n) is 16.2. The summed E-state index contributed by atoms with van der Waals surface area (Å²) in [7, 11) is 1.55. The van der Waals surface area contributed by atoms with Gasteiger partial charge in [0.15, 0.2) is 0 Å². The number of alkyl halides is 3. The Balaban J connectivity index is 1.56. The van der Waals surface area contributed by atoms with Gasteiger partial charge in [0.25, 0.3) is 0 Å². The first-order valence-corrected chi connectivity index (χ1v) is 9.84. The fourth-order valence-corrected chi connectivity index (χ4v) is 3.60. The van der Waals surface area contributed by atoms with Crippen LogP contribution in [0.4, 0.5) is 13.2 Å². The van der Waals surface area contributed by atoms with Gasteiger partial charge in [0.2, 0.25) is 16.9 Å². The minimum absolute atomic E-state index is 0.0675. The van der Waals surface area contributed by atoms with Crippen LogP contribution in [0.3, 0.4) is 0 Å². The zero-order chi connectivity index (χ0) is 22.0. The zero-order valence-corrected chi connectivity index (χ0v) is 17.1. The number of hydrogen-bond donors (Lipinski definition) is 0. The van der Waals surface area contributed by atoms with Crippen LogP contribution >= 0.6 is 11.8 Å². The van der Waals surface area contributed by atoms with Gasteiger partial charge in [-0.2, -0.15) is 22.8 Å². The number of hydrogen-bond acceptors (Lipinski definition) is 8. The average molecular weight is 448 g/mol. The highest BCUT2D eigenvalue weighted by molar-refractivity contribution is 7.99. The first-order chi connectivity index (χ1) is 14.9. The summed E-state index contributed by atoms with van der Waals surface area (Å²) in [4.78, 5) is 4.25. The van der Waals surface area contributed by atoms with E-state index in [0.29, 0.717) is 16.6 Å². The summed E-state index contributed by atoms with van der Waals surface area (Å²) in [6, 6.07) is 12.0. The van der Waals surface area contributed by atoms with Crippen molar-refractivity contribution in [2.75, 3.05) is 7.11 Å². The summed E-state index contributed by atoms with van der Waals surface area (Å²) in [5.74, 6) is 0.888. The number of rotatable bonds is 6. The Morgan fingerprint density at radius 3 is 2.71 bits per heavy atom. The molecule has 0 bridgehead atoms. The van der Waals surface area contributed by atoms with Crippen LogP contribution in [0.1, 0.15) is 23.6 Å². The maximum absolute atomic E-state index is 13.0. The predicted molar refractivity (Wildman–Crippen MR) is 105 cm³/mol. The molecule has 0 amide bonds. The second-order valence-electron chi connectivity index (χ2n) is 6.34. The van der Waals surface area contributed by atoms with Gasteiger partial charge >= 0.3 is 6.18 Å². The summed E-state index contributed by atoms with van der Waals surface area (Å²) >= 11 is 1.25. The Labute approximate surface area is 178 Å². The Morgan fingerprint density at radius 1 is 1.13 bits per heavy atom. The summed E-state index contributed by atoms with van der Waals surface area (Å²) in [5, 5.41) is 15.7. The minimum atomic E-state index is -4.46. The highest BCUT2D eigenvalue weighted by Gasteiger charge is 2.31. The van der Waals surface area contributed by atoms with Crippen LogP contribution < -0.4 is 4.74 Å². The first-order valence-electron chi connectivity index (χ1n) is 8.96. The lowest BCUT2D eigenvalue weighted by Gasteiger charge is -2.10. The van der Waals surface area contributed by atoms with E-state index in [0.717, 1.165) is 12.1 Å². The van der Waals surface area contributed by atoms with Crippen molar-refractivity contribution in [2.24, 2.45) is 0 Å². The quantitative estimate of drug-likeness (QED) is 0.396. The molecular formula is C19H15F3N6O2S. The molecule has 0 aliphatic carbocycles. The minimum Gasteiger partial charge on any atom is -0.494 e. The highest BCUT2D eigenvalue weighted by atomic mass is 32.2. The van der Waals surface area contributed by atoms with E-state index in [9.17, 15) is 13.2 Å². The third-order valence-corrected chi connectivity index (χ3v) is 5.29. The van der Waals surface area contributed by atoms with Crippen molar-refractivity contribution in [2.45, 2.75) is 23.5 Å². The molecule has 0 spiro atoms. The molecule has 0 N–H and O–H groups in total. The monoisotopic (exact) mass is 448 g/mol. The molecule has 0 saturated heterocycles. The molecule has 2 aromatic heterocycles. The van der Waals surface area contributed by atoms with E-state index in [-0.39, 0.29) is 22.5 Å². The normalized spacial score (nSPS) is 12.7. The van der Waals surface area contributed by atoms with Crippen LogP contribution in [0.5, 0.6) is 5.75 Å². The molecule has 0 radical (unpaired) electrons. The number of methoxy groups -OCH3 is 1. The second-order valence-corrected chi connectivity index (χ2v) is 7.65. The number of tetrazole rings is 1. The lowest BCUT2D eigenvalue weighted by atomic mass is 10.1. The van der Waals surface area contributed by atoms with E-state index in [1.807, 2.05) is 18.2 Å². The van der Waals surface area contributed by atoms with Gasteiger partial charge in [-0.3, -0.25) is 0 Å². The summed E-state index contributed by atoms with van der Waals surface area (Å²) in [5.41, 5.74) is 0.0792. The molecule has 8 nitrogen and oxygen atoms in total. The van der Waals surface area contributed by atoms with Gasteiger partial charge < -0.3 is 9.26 Å². The summed E-state index contributed by atoms with van der Waals surface area (Å²) in [6.07, 6.45) is -4.46. The molecule has 0 aliphatic rings. The van der Waals surface area contributed by atoms with Gasteiger partial charge in [-0.25, -0.2) is 0 Å². The lowest BCUT2D eigenvalue weighted by Crippen LogP contribution is -2.04. The van der Waals surface area contributed by atoms with Crippen LogP contribution in [0.2, 0.25) is 0 Å². The van der Waals surface area contributed by atoms with Crippen LogP contribution in [-0.2, 0) is 6.18 Å². The van der Waals surface area contributed by atoms with E-state index < -0.39 is 11.7 Å². The maximum Gasteiger partial charge on any atom is 0.416 e. The van der Waals surface area contributed by atoms with E-state index >= 15 is 0 Å². The van der Waals surface area contributed by atoms with Crippen molar-refractivity contribution < 1.29 is 22.4 Å². The summed E-state index contributed by atoms with van der Waals surface area (Å²) in [6.45, 7) is 1.80. The van der Waals surface area contributed by atoms with Crippen molar-refractivity contribution >= 4 is 11.8 Å². The fourth-order valence-electron chi connectivity index (χ4n) is 2.77. The number of ether oxygens (including phenoxy) is 1. The van der Waals surface area contributed by atoms with E-state index in [2.05, 4.69) is 25.7 Å². The number of benzene rings is 2. The third kappa shape index (κ3) is 4.38. The summed E-state index contributed by atoms with van der Waals surface area (Å²) < 4.78 is 51.0. The number of thioether (sulfide) groups is 1. The fraction of sp³-hybridized carbons (Fsp3) is 0.211. The van der Waals surface area contributed by atoms with E-state index in [1.165, 1.54) is 28.6 Å².